The molecule has 0 saturated heterocycles. The van der Waals surface area contributed by atoms with Crippen LogP contribution in [0.1, 0.15) is 13.8 Å². The highest BCUT2D eigenvalue weighted by Crippen LogP contribution is 2.24. The molecule has 0 spiro atoms. The third-order valence-electron chi connectivity index (χ3n) is 1.95. The summed E-state index contributed by atoms with van der Waals surface area (Å²) in [5.41, 5.74) is -0.514. The summed E-state index contributed by atoms with van der Waals surface area (Å²) in [7, 11) is 0. The average molecular weight is 188 g/mol. The first-order valence-electron chi connectivity index (χ1n) is 3.61. The Morgan fingerprint density at radius 2 is 2.08 bits per heavy atom. The molecule has 0 aliphatic carbocycles. The lowest BCUT2D eigenvalue weighted by Crippen LogP contribution is -2.45. The Bertz CT molecular complexity index is 268. The molecule has 0 atom stereocenters. The van der Waals surface area contributed by atoms with Gasteiger partial charge in [-0.15, -0.1) is 11.6 Å². The van der Waals surface area contributed by atoms with Crippen LogP contribution in [0.4, 0.5) is 0 Å². The van der Waals surface area contributed by atoms with E-state index >= 15 is 0 Å². The number of amides is 1. The number of allylic oxidation sites excluding steroid dienone is 1. The van der Waals surface area contributed by atoms with E-state index < -0.39 is 5.41 Å². The van der Waals surface area contributed by atoms with Gasteiger partial charge >= 0.3 is 0 Å². The van der Waals surface area contributed by atoms with Crippen LogP contribution in [-0.4, -0.2) is 17.6 Å². The molecule has 1 N–H and O–H groups in total. The monoisotopic (exact) mass is 187 g/mol. The number of alkyl halides is 1. The molecule has 0 aromatic carbocycles. The van der Waals surface area contributed by atoms with Crippen molar-refractivity contribution in [3.8, 4) is 0 Å². The van der Waals surface area contributed by atoms with E-state index in [-0.39, 0.29) is 17.6 Å². The van der Waals surface area contributed by atoms with Crippen molar-refractivity contribution < 1.29 is 9.59 Å². The first-order valence-corrected chi connectivity index (χ1v) is 4.14. The van der Waals surface area contributed by atoms with Crippen LogP contribution in [0.2, 0.25) is 0 Å². The first-order chi connectivity index (χ1) is 5.50. The minimum absolute atomic E-state index is 0.141. The van der Waals surface area contributed by atoms with Crippen molar-refractivity contribution in [1.29, 1.82) is 0 Å². The zero-order valence-electron chi connectivity index (χ0n) is 6.98. The molecular formula is C8H10ClNO2. The molecule has 0 bridgehead atoms. The summed E-state index contributed by atoms with van der Waals surface area (Å²) in [6, 6.07) is 0. The van der Waals surface area contributed by atoms with Gasteiger partial charge in [0.15, 0.2) is 5.78 Å². The van der Waals surface area contributed by atoms with Gasteiger partial charge in [0.1, 0.15) is 5.41 Å². The molecule has 3 nitrogen and oxygen atoms in total. The minimum Gasteiger partial charge on any atom is -0.331 e. The number of ketones is 1. The normalized spacial score (nSPS) is 21.8. The molecule has 0 aromatic heterocycles. The maximum absolute atomic E-state index is 11.5. The number of hydrogen-bond acceptors (Lipinski definition) is 2. The maximum atomic E-state index is 11.5. The van der Waals surface area contributed by atoms with Gasteiger partial charge in [-0.3, -0.25) is 9.59 Å². The predicted octanol–water partition coefficient (Wildman–Crippen LogP) is 0.834. The van der Waals surface area contributed by atoms with Crippen molar-refractivity contribution in [3.05, 3.63) is 11.8 Å². The van der Waals surface area contributed by atoms with Gasteiger partial charge in [0.25, 0.3) is 0 Å². The third-order valence-corrected chi connectivity index (χ3v) is 2.24. The molecule has 4 heteroatoms. The van der Waals surface area contributed by atoms with Gasteiger partial charge in [-0.05, 0) is 13.8 Å². The number of nitrogens with one attached hydrogen (secondary N) is 1. The molecule has 0 fully saturated rings. The fourth-order valence-corrected chi connectivity index (χ4v) is 1.20. The fraction of sp³-hybridized carbons (Fsp3) is 0.500. The Balaban J connectivity index is 3.04. The fourth-order valence-electron chi connectivity index (χ4n) is 1.00. The van der Waals surface area contributed by atoms with Crippen LogP contribution in [0.3, 0.4) is 0 Å². The zero-order valence-corrected chi connectivity index (χ0v) is 7.73. The molecule has 0 saturated carbocycles. The Morgan fingerprint density at radius 3 is 2.58 bits per heavy atom. The summed E-state index contributed by atoms with van der Waals surface area (Å²) in [6.07, 6.45) is 1.38. The molecule has 0 radical (unpaired) electrons. The van der Waals surface area contributed by atoms with Crippen LogP contribution in [0.25, 0.3) is 0 Å². The second-order valence-electron chi connectivity index (χ2n) is 3.23. The topological polar surface area (TPSA) is 46.2 Å². The van der Waals surface area contributed by atoms with Crippen LogP contribution in [-0.2, 0) is 9.59 Å². The van der Waals surface area contributed by atoms with E-state index in [0.29, 0.717) is 5.57 Å². The summed E-state index contributed by atoms with van der Waals surface area (Å²) in [4.78, 5) is 22.6. The second kappa shape index (κ2) is 2.90. The van der Waals surface area contributed by atoms with E-state index in [9.17, 15) is 9.59 Å². The molecule has 1 heterocycles. The summed E-state index contributed by atoms with van der Waals surface area (Å²) in [6.45, 7) is 3.18. The molecule has 66 valence electrons. The highest BCUT2D eigenvalue weighted by Gasteiger charge is 2.39. The van der Waals surface area contributed by atoms with E-state index in [1.165, 1.54) is 6.20 Å². The van der Waals surface area contributed by atoms with Crippen LogP contribution >= 0.6 is 11.6 Å². The zero-order chi connectivity index (χ0) is 9.35. The Labute approximate surface area is 75.8 Å². The SMILES string of the molecule is CC1(C)C(=O)NC=C(CCl)C1=O. The second-order valence-corrected chi connectivity index (χ2v) is 3.50. The van der Waals surface area contributed by atoms with Gasteiger partial charge in [-0.25, -0.2) is 0 Å². The average Bonchev–Trinajstić information content (AvgIpc) is 2.02. The smallest absolute Gasteiger partial charge is 0.237 e. The van der Waals surface area contributed by atoms with E-state index in [1.807, 2.05) is 0 Å². The largest absolute Gasteiger partial charge is 0.331 e. The van der Waals surface area contributed by atoms with Gasteiger partial charge in [0, 0.05) is 11.8 Å². The number of halogens is 1. The van der Waals surface area contributed by atoms with Crippen LogP contribution in [0.5, 0.6) is 0 Å². The van der Waals surface area contributed by atoms with Crippen molar-refractivity contribution in [1.82, 2.24) is 5.32 Å². The van der Waals surface area contributed by atoms with Crippen LogP contribution < -0.4 is 5.32 Å². The first kappa shape index (κ1) is 9.26. The quantitative estimate of drug-likeness (QED) is 0.488. The third kappa shape index (κ3) is 1.25. The molecule has 0 unspecified atom stereocenters. The van der Waals surface area contributed by atoms with Crippen molar-refractivity contribution in [2.45, 2.75) is 13.8 Å². The minimum atomic E-state index is -0.973. The van der Waals surface area contributed by atoms with E-state index in [1.54, 1.807) is 13.8 Å². The van der Waals surface area contributed by atoms with Gasteiger partial charge < -0.3 is 5.32 Å². The van der Waals surface area contributed by atoms with Crippen molar-refractivity contribution in [2.24, 2.45) is 5.41 Å². The Morgan fingerprint density at radius 1 is 1.50 bits per heavy atom. The molecule has 12 heavy (non-hydrogen) atoms. The standard InChI is InChI=1S/C8H10ClNO2/c1-8(2)6(11)5(3-9)4-10-7(8)12/h4H,3H2,1-2H3,(H,10,12). The van der Waals surface area contributed by atoms with E-state index in [4.69, 9.17) is 11.6 Å². The maximum Gasteiger partial charge on any atom is 0.237 e. The highest BCUT2D eigenvalue weighted by molar-refractivity contribution is 6.26. The molecule has 1 aliphatic heterocycles. The van der Waals surface area contributed by atoms with Crippen molar-refractivity contribution in [3.63, 3.8) is 0 Å². The van der Waals surface area contributed by atoms with Crippen LogP contribution in [0, 0.1) is 5.41 Å². The van der Waals surface area contributed by atoms with E-state index in [2.05, 4.69) is 5.32 Å². The van der Waals surface area contributed by atoms with Crippen molar-refractivity contribution >= 4 is 23.3 Å². The Kier molecular flexibility index (Phi) is 2.24. The lowest BCUT2D eigenvalue weighted by molar-refractivity contribution is -0.138. The summed E-state index contributed by atoms with van der Waals surface area (Å²) >= 11 is 5.51. The van der Waals surface area contributed by atoms with Crippen molar-refractivity contribution in [2.75, 3.05) is 5.88 Å². The molecule has 1 rings (SSSR count). The molecule has 1 amide bonds. The lowest BCUT2D eigenvalue weighted by atomic mass is 9.82. The number of Topliss-reactive ketones (excluding diaryl/α,β-unsaturated/α-hetero) is 1. The molecule has 1 aliphatic rings. The molecule has 0 aromatic rings. The highest BCUT2D eigenvalue weighted by atomic mass is 35.5. The number of hydrogen-bond donors (Lipinski definition) is 1. The van der Waals surface area contributed by atoms with Crippen LogP contribution in [0.15, 0.2) is 11.8 Å². The van der Waals surface area contributed by atoms with Gasteiger partial charge in [-0.2, -0.15) is 0 Å². The van der Waals surface area contributed by atoms with Gasteiger partial charge in [0.05, 0.1) is 5.88 Å². The predicted molar refractivity (Wildman–Crippen MR) is 45.7 cm³/mol. The summed E-state index contributed by atoms with van der Waals surface area (Å²) < 4.78 is 0. The Hall–Kier alpha value is -0.830. The summed E-state index contributed by atoms with van der Waals surface area (Å²) in [5, 5.41) is 2.50. The summed E-state index contributed by atoms with van der Waals surface area (Å²) in [5.74, 6) is -0.328. The van der Waals surface area contributed by atoms with Gasteiger partial charge in [0.2, 0.25) is 5.91 Å². The number of carbonyl (C=O) groups is 2. The van der Waals surface area contributed by atoms with E-state index in [0.717, 1.165) is 0 Å². The number of rotatable bonds is 1. The van der Waals surface area contributed by atoms with Gasteiger partial charge in [-0.1, -0.05) is 0 Å². The lowest BCUT2D eigenvalue weighted by Gasteiger charge is -2.26. The number of carbonyl (C=O) groups excluding carboxylic acids is 2. The molecular weight excluding hydrogens is 178 g/mol.